The van der Waals surface area contributed by atoms with E-state index in [0.29, 0.717) is 6.42 Å². The number of aryl methyl sites for hydroxylation is 1. The first-order valence-electron chi connectivity index (χ1n) is 5.75. The lowest BCUT2D eigenvalue weighted by Gasteiger charge is -2.12. The minimum Gasteiger partial charge on any atom is -0.388 e. The molecular formula is C15H14BrIO. The van der Waals surface area contributed by atoms with E-state index in [0.717, 1.165) is 21.2 Å². The Balaban J connectivity index is 2.13. The summed E-state index contributed by atoms with van der Waals surface area (Å²) < 4.78 is 2.29. The van der Waals surface area contributed by atoms with E-state index in [-0.39, 0.29) is 0 Å². The lowest BCUT2D eigenvalue weighted by atomic mass is 10.0. The SMILES string of the molecule is Cc1cc(C(O)Cc2ccc(I)cc2)ccc1Br. The van der Waals surface area contributed by atoms with Crippen molar-refractivity contribution in [3.63, 3.8) is 0 Å². The zero-order chi connectivity index (χ0) is 13.1. The molecule has 2 aromatic carbocycles. The van der Waals surface area contributed by atoms with Gasteiger partial charge in [0, 0.05) is 14.5 Å². The highest BCUT2D eigenvalue weighted by Crippen LogP contribution is 2.23. The number of halogens is 2. The second-order valence-corrected chi connectivity index (χ2v) is 6.45. The van der Waals surface area contributed by atoms with Crippen LogP contribution in [-0.2, 0) is 6.42 Å². The molecule has 0 aliphatic carbocycles. The molecule has 3 heteroatoms. The van der Waals surface area contributed by atoms with Crippen molar-refractivity contribution < 1.29 is 5.11 Å². The molecule has 0 saturated carbocycles. The van der Waals surface area contributed by atoms with Crippen molar-refractivity contribution in [3.05, 3.63) is 67.2 Å². The van der Waals surface area contributed by atoms with Gasteiger partial charge in [-0.25, -0.2) is 0 Å². The molecule has 1 nitrogen and oxygen atoms in total. The van der Waals surface area contributed by atoms with E-state index in [1.165, 1.54) is 3.57 Å². The molecular weight excluding hydrogens is 403 g/mol. The number of benzene rings is 2. The fourth-order valence-corrected chi connectivity index (χ4v) is 2.44. The van der Waals surface area contributed by atoms with Crippen LogP contribution in [0.2, 0.25) is 0 Å². The maximum atomic E-state index is 10.2. The average molecular weight is 417 g/mol. The second kappa shape index (κ2) is 6.17. The van der Waals surface area contributed by atoms with E-state index < -0.39 is 6.10 Å². The molecule has 0 spiro atoms. The Labute approximate surface area is 130 Å². The number of aliphatic hydroxyl groups excluding tert-OH is 1. The van der Waals surface area contributed by atoms with Crippen molar-refractivity contribution in [2.75, 3.05) is 0 Å². The minimum atomic E-state index is -0.447. The summed E-state index contributed by atoms with van der Waals surface area (Å²) in [6, 6.07) is 14.2. The summed E-state index contributed by atoms with van der Waals surface area (Å²) in [5.74, 6) is 0. The zero-order valence-corrected chi connectivity index (χ0v) is 13.8. The summed E-state index contributed by atoms with van der Waals surface area (Å²) in [7, 11) is 0. The first-order chi connectivity index (χ1) is 8.56. The molecule has 0 radical (unpaired) electrons. The van der Waals surface area contributed by atoms with Gasteiger partial charge in [-0.3, -0.25) is 0 Å². The summed E-state index contributed by atoms with van der Waals surface area (Å²) in [5, 5.41) is 10.2. The van der Waals surface area contributed by atoms with Gasteiger partial charge in [0.05, 0.1) is 6.10 Å². The Kier molecular flexibility index (Phi) is 4.81. The highest BCUT2D eigenvalue weighted by atomic mass is 127. The van der Waals surface area contributed by atoms with E-state index in [1.807, 2.05) is 25.1 Å². The molecule has 0 heterocycles. The third-order valence-electron chi connectivity index (χ3n) is 2.91. The molecule has 18 heavy (non-hydrogen) atoms. The fraction of sp³-hybridized carbons (Fsp3) is 0.200. The monoisotopic (exact) mass is 416 g/mol. The molecule has 2 aromatic rings. The molecule has 94 valence electrons. The second-order valence-electron chi connectivity index (χ2n) is 4.36. The first-order valence-corrected chi connectivity index (χ1v) is 7.62. The summed E-state index contributed by atoms with van der Waals surface area (Å²) in [6.45, 7) is 2.03. The van der Waals surface area contributed by atoms with Crippen LogP contribution in [0.25, 0.3) is 0 Å². The standard InChI is InChI=1S/C15H14BrIO/c1-10-8-12(4-7-14(10)16)15(18)9-11-2-5-13(17)6-3-11/h2-8,15,18H,9H2,1H3. The van der Waals surface area contributed by atoms with Gasteiger partial charge in [0.15, 0.2) is 0 Å². The van der Waals surface area contributed by atoms with Crippen LogP contribution >= 0.6 is 38.5 Å². The number of aliphatic hydroxyl groups is 1. The van der Waals surface area contributed by atoms with E-state index in [1.54, 1.807) is 0 Å². The van der Waals surface area contributed by atoms with Crippen LogP contribution in [0.1, 0.15) is 22.8 Å². The highest BCUT2D eigenvalue weighted by molar-refractivity contribution is 14.1. The molecule has 1 unspecified atom stereocenters. The van der Waals surface area contributed by atoms with Crippen molar-refractivity contribution in [2.45, 2.75) is 19.4 Å². The van der Waals surface area contributed by atoms with Crippen LogP contribution in [0, 0.1) is 10.5 Å². The predicted octanol–water partition coefficient (Wildman–Crippen LogP) is 4.64. The quantitative estimate of drug-likeness (QED) is 0.722. The molecule has 0 aliphatic heterocycles. The molecule has 1 N–H and O–H groups in total. The first kappa shape index (κ1) is 14.0. The zero-order valence-electron chi connectivity index (χ0n) is 10.0. The Morgan fingerprint density at radius 3 is 2.44 bits per heavy atom. The Morgan fingerprint density at radius 1 is 1.17 bits per heavy atom. The smallest absolute Gasteiger partial charge is 0.0830 e. The van der Waals surface area contributed by atoms with Crippen molar-refractivity contribution >= 4 is 38.5 Å². The summed E-state index contributed by atoms with van der Waals surface area (Å²) in [6.07, 6.45) is 0.203. The predicted molar refractivity (Wildman–Crippen MR) is 86.7 cm³/mol. The molecule has 0 saturated heterocycles. The van der Waals surface area contributed by atoms with E-state index in [2.05, 4.69) is 62.8 Å². The van der Waals surface area contributed by atoms with Gasteiger partial charge in [-0.1, -0.05) is 40.2 Å². The summed E-state index contributed by atoms with van der Waals surface area (Å²) in [4.78, 5) is 0. The van der Waals surface area contributed by atoms with Gasteiger partial charge >= 0.3 is 0 Å². The van der Waals surface area contributed by atoms with Crippen LogP contribution in [0.15, 0.2) is 46.9 Å². The Hall–Kier alpha value is -0.390. The number of hydrogen-bond acceptors (Lipinski definition) is 1. The largest absolute Gasteiger partial charge is 0.388 e. The van der Waals surface area contributed by atoms with Crippen LogP contribution < -0.4 is 0 Å². The lowest BCUT2D eigenvalue weighted by Crippen LogP contribution is -2.02. The van der Waals surface area contributed by atoms with Gasteiger partial charge in [0.2, 0.25) is 0 Å². The Morgan fingerprint density at radius 2 is 1.83 bits per heavy atom. The average Bonchev–Trinajstić information content (AvgIpc) is 2.35. The molecule has 0 aliphatic rings. The highest BCUT2D eigenvalue weighted by Gasteiger charge is 2.09. The summed E-state index contributed by atoms with van der Waals surface area (Å²) in [5.41, 5.74) is 3.27. The van der Waals surface area contributed by atoms with E-state index in [9.17, 15) is 5.11 Å². The summed E-state index contributed by atoms with van der Waals surface area (Å²) >= 11 is 5.75. The topological polar surface area (TPSA) is 20.2 Å². The third kappa shape index (κ3) is 3.56. The molecule has 0 aromatic heterocycles. The van der Waals surface area contributed by atoms with Crippen LogP contribution in [0.4, 0.5) is 0 Å². The van der Waals surface area contributed by atoms with Gasteiger partial charge in [0.25, 0.3) is 0 Å². The van der Waals surface area contributed by atoms with E-state index in [4.69, 9.17) is 0 Å². The Bertz CT molecular complexity index is 537. The van der Waals surface area contributed by atoms with Gasteiger partial charge < -0.3 is 5.11 Å². The maximum absolute atomic E-state index is 10.2. The minimum absolute atomic E-state index is 0.447. The maximum Gasteiger partial charge on any atom is 0.0830 e. The van der Waals surface area contributed by atoms with Gasteiger partial charge in [-0.2, -0.15) is 0 Å². The van der Waals surface area contributed by atoms with Crippen LogP contribution in [0.3, 0.4) is 0 Å². The van der Waals surface area contributed by atoms with Crippen molar-refractivity contribution in [1.82, 2.24) is 0 Å². The molecule has 0 bridgehead atoms. The molecule has 0 amide bonds. The number of rotatable bonds is 3. The molecule has 1 atom stereocenters. The van der Waals surface area contributed by atoms with Crippen molar-refractivity contribution in [3.8, 4) is 0 Å². The van der Waals surface area contributed by atoms with Crippen LogP contribution in [0.5, 0.6) is 0 Å². The van der Waals surface area contributed by atoms with Gasteiger partial charge in [0.1, 0.15) is 0 Å². The number of hydrogen-bond donors (Lipinski definition) is 1. The van der Waals surface area contributed by atoms with Crippen molar-refractivity contribution in [1.29, 1.82) is 0 Å². The molecule has 2 rings (SSSR count). The van der Waals surface area contributed by atoms with Gasteiger partial charge in [-0.05, 0) is 64.4 Å². The molecule has 0 fully saturated rings. The lowest BCUT2D eigenvalue weighted by molar-refractivity contribution is 0.178. The van der Waals surface area contributed by atoms with E-state index >= 15 is 0 Å². The van der Waals surface area contributed by atoms with Crippen molar-refractivity contribution in [2.24, 2.45) is 0 Å². The fourth-order valence-electron chi connectivity index (χ4n) is 1.84. The van der Waals surface area contributed by atoms with Crippen LogP contribution in [-0.4, -0.2) is 5.11 Å². The third-order valence-corrected chi connectivity index (χ3v) is 4.52. The normalized spacial score (nSPS) is 12.4. The van der Waals surface area contributed by atoms with Gasteiger partial charge in [-0.15, -0.1) is 0 Å².